The maximum Gasteiger partial charge on any atom is 0.268 e. The van der Waals surface area contributed by atoms with E-state index in [4.69, 9.17) is 4.74 Å². The Bertz CT molecular complexity index is 827. The SMILES string of the molecule is COc1ccc(CN2Cc3cc(C)ccc3N3CC(=O)N=C23)cc1. The molecule has 0 bridgehead atoms. The number of aliphatic imine (C=N–C) groups is 1. The van der Waals surface area contributed by atoms with Crippen LogP contribution in [-0.4, -0.2) is 30.4 Å². The minimum absolute atomic E-state index is 0.0850. The van der Waals surface area contributed by atoms with E-state index >= 15 is 0 Å². The van der Waals surface area contributed by atoms with Gasteiger partial charge in [-0.2, -0.15) is 4.99 Å². The number of ether oxygens (including phenoxy) is 1. The molecule has 0 aromatic heterocycles. The van der Waals surface area contributed by atoms with Gasteiger partial charge in [0.1, 0.15) is 12.3 Å². The zero-order valence-electron chi connectivity index (χ0n) is 13.8. The first-order valence-electron chi connectivity index (χ1n) is 8.00. The molecule has 122 valence electrons. The summed E-state index contributed by atoms with van der Waals surface area (Å²) in [6.45, 7) is 3.88. The van der Waals surface area contributed by atoms with E-state index < -0.39 is 0 Å². The van der Waals surface area contributed by atoms with Crippen LogP contribution in [0.15, 0.2) is 47.5 Å². The monoisotopic (exact) mass is 321 g/mol. The van der Waals surface area contributed by atoms with E-state index in [0.717, 1.165) is 29.5 Å². The topological polar surface area (TPSA) is 45.1 Å². The van der Waals surface area contributed by atoms with Gasteiger partial charge in [-0.3, -0.25) is 4.79 Å². The minimum atomic E-state index is -0.0850. The number of amides is 1. The minimum Gasteiger partial charge on any atom is -0.497 e. The van der Waals surface area contributed by atoms with Crippen molar-refractivity contribution in [2.24, 2.45) is 4.99 Å². The van der Waals surface area contributed by atoms with Crippen LogP contribution in [0.25, 0.3) is 0 Å². The summed E-state index contributed by atoms with van der Waals surface area (Å²) < 4.78 is 5.21. The van der Waals surface area contributed by atoms with Crippen molar-refractivity contribution in [2.75, 3.05) is 18.6 Å². The molecular formula is C19H19N3O2. The predicted octanol–water partition coefficient (Wildman–Crippen LogP) is 2.72. The summed E-state index contributed by atoms with van der Waals surface area (Å²) in [6, 6.07) is 14.4. The molecular weight excluding hydrogens is 302 g/mol. The van der Waals surface area contributed by atoms with E-state index in [1.807, 2.05) is 29.2 Å². The molecule has 24 heavy (non-hydrogen) atoms. The normalized spacial score (nSPS) is 15.9. The molecule has 0 fully saturated rings. The summed E-state index contributed by atoms with van der Waals surface area (Å²) in [5.74, 6) is 1.51. The smallest absolute Gasteiger partial charge is 0.268 e. The lowest BCUT2D eigenvalue weighted by Crippen LogP contribution is -2.45. The van der Waals surface area contributed by atoms with Crippen LogP contribution in [0, 0.1) is 6.92 Å². The van der Waals surface area contributed by atoms with Crippen LogP contribution in [0.5, 0.6) is 5.75 Å². The summed E-state index contributed by atoms with van der Waals surface area (Å²) in [5, 5.41) is 0. The second-order valence-electron chi connectivity index (χ2n) is 6.23. The molecule has 2 aromatic carbocycles. The van der Waals surface area contributed by atoms with E-state index in [0.29, 0.717) is 13.1 Å². The number of methoxy groups -OCH3 is 1. The summed E-state index contributed by atoms with van der Waals surface area (Å²) in [6.07, 6.45) is 0. The van der Waals surface area contributed by atoms with Crippen molar-refractivity contribution in [3.05, 3.63) is 59.2 Å². The Morgan fingerprint density at radius 3 is 2.67 bits per heavy atom. The molecule has 0 unspecified atom stereocenters. The summed E-state index contributed by atoms with van der Waals surface area (Å²) in [5.41, 5.74) is 4.71. The van der Waals surface area contributed by atoms with Gasteiger partial charge in [-0.25, -0.2) is 0 Å². The first-order chi connectivity index (χ1) is 11.6. The molecule has 0 saturated carbocycles. The third-order valence-electron chi connectivity index (χ3n) is 4.46. The molecule has 0 spiro atoms. The van der Waals surface area contributed by atoms with Gasteiger partial charge < -0.3 is 14.5 Å². The third-order valence-corrected chi connectivity index (χ3v) is 4.46. The molecule has 5 nitrogen and oxygen atoms in total. The Labute approximate surface area is 141 Å². The van der Waals surface area contributed by atoms with Crippen molar-refractivity contribution in [1.29, 1.82) is 0 Å². The molecule has 1 amide bonds. The maximum atomic E-state index is 11.9. The maximum absolute atomic E-state index is 11.9. The summed E-state index contributed by atoms with van der Waals surface area (Å²) >= 11 is 0. The lowest BCUT2D eigenvalue weighted by molar-refractivity contribution is -0.115. The van der Waals surface area contributed by atoms with Crippen molar-refractivity contribution < 1.29 is 9.53 Å². The predicted molar refractivity (Wildman–Crippen MR) is 93.2 cm³/mol. The van der Waals surface area contributed by atoms with Gasteiger partial charge in [-0.1, -0.05) is 29.8 Å². The first-order valence-corrected chi connectivity index (χ1v) is 8.00. The summed E-state index contributed by atoms with van der Waals surface area (Å²) in [7, 11) is 1.66. The van der Waals surface area contributed by atoms with Crippen LogP contribution in [0.2, 0.25) is 0 Å². The van der Waals surface area contributed by atoms with Gasteiger partial charge in [0.2, 0.25) is 5.96 Å². The number of aryl methyl sites for hydroxylation is 1. The van der Waals surface area contributed by atoms with Crippen molar-refractivity contribution in [2.45, 2.75) is 20.0 Å². The average molecular weight is 321 g/mol. The lowest BCUT2D eigenvalue weighted by atomic mass is 10.0. The molecule has 0 saturated heterocycles. The Morgan fingerprint density at radius 2 is 1.92 bits per heavy atom. The highest BCUT2D eigenvalue weighted by Crippen LogP contribution is 2.32. The van der Waals surface area contributed by atoms with Crippen LogP contribution in [0.3, 0.4) is 0 Å². The van der Waals surface area contributed by atoms with Gasteiger partial charge in [-0.05, 0) is 36.2 Å². The van der Waals surface area contributed by atoms with Gasteiger partial charge in [-0.15, -0.1) is 0 Å². The van der Waals surface area contributed by atoms with Crippen LogP contribution in [-0.2, 0) is 17.9 Å². The Hall–Kier alpha value is -2.82. The van der Waals surface area contributed by atoms with E-state index in [-0.39, 0.29) is 5.91 Å². The number of carbonyl (C=O) groups is 1. The molecule has 0 N–H and O–H groups in total. The van der Waals surface area contributed by atoms with E-state index in [2.05, 4.69) is 35.0 Å². The molecule has 0 aliphatic carbocycles. The fourth-order valence-corrected chi connectivity index (χ4v) is 3.31. The number of nitrogens with zero attached hydrogens (tertiary/aromatic N) is 3. The number of fused-ring (bicyclic) bond motifs is 3. The zero-order chi connectivity index (χ0) is 16.7. The Morgan fingerprint density at radius 1 is 1.12 bits per heavy atom. The Kier molecular flexibility index (Phi) is 3.49. The number of rotatable bonds is 3. The zero-order valence-corrected chi connectivity index (χ0v) is 13.8. The number of carbonyl (C=O) groups excluding carboxylic acids is 1. The van der Waals surface area contributed by atoms with Gasteiger partial charge in [0.05, 0.1) is 7.11 Å². The van der Waals surface area contributed by atoms with Crippen LogP contribution >= 0.6 is 0 Å². The number of hydrogen-bond acceptors (Lipinski definition) is 4. The second-order valence-corrected chi connectivity index (χ2v) is 6.23. The quantitative estimate of drug-likeness (QED) is 0.872. The molecule has 2 aliphatic rings. The van der Waals surface area contributed by atoms with Crippen molar-refractivity contribution in [3.8, 4) is 5.75 Å². The number of hydrogen-bond donors (Lipinski definition) is 0. The Balaban J connectivity index is 1.67. The van der Waals surface area contributed by atoms with Crippen molar-refractivity contribution >= 4 is 17.6 Å². The molecule has 0 atom stereocenters. The van der Waals surface area contributed by atoms with E-state index in [9.17, 15) is 4.79 Å². The molecule has 2 aromatic rings. The molecule has 5 heteroatoms. The lowest BCUT2D eigenvalue weighted by Gasteiger charge is -2.37. The highest BCUT2D eigenvalue weighted by Gasteiger charge is 2.34. The van der Waals surface area contributed by atoms with Gasteiger partial charge in [0.15, 0.2) is 0 Å². The molecule has 2 heterocycles. The highest BCUT2D eigenvalue weighted by molar-refractivity contribution is 6.12. The van der Waals surface area contributed by atoms with Crippen LogP contribution < -0.4 is 9.64 Å². The first kappa shape index (κ1) is 14.8. The van der Waals surface area contributed by atoms with Gasteiger partial charge >= 0.3 is 0 Å². The molecule has 4 rings (SSSR count). The number of anilines is 1. The van der Waals surface area contributed by atoms with Crippen molar-refractivity contribution in [3.63, 3.8) is 0 Å². The van der Waals surface area contributed by atoms with Crippen LogP contribution in [0.1, 0.15) is 16.7 Å². The summed E-state index contributed by atoms with van der Waals surface area (Å²) in [4.78, 5) is 20.3. The van der Waals surface area contributed by atoms with Gasteiger partial charge in [0.25, 0.3) is 5.91 Å². The fourth-order valence-electron chi connectivity index (χ4n) is 3.31. The second kappa shape index (κ2) is 5.67. The molecule has 0 radical (unpaired) electrons. The van der Waals surface area contributed by atoms with Gasteiger partial charge in [0, 0.05) is 18.8 Å². The average Bonchev–Trinajstić information content (AvgIpc) is 2.97. The molecule has 2 aliphatic heterocycles. The number of guanidine groups is 1. The standard InChI is InChI=1S/C19H19N3O2/c1-13-3-8-17-15(9-13)11-21(19-20-18(23)12-22(17)19)10-14-4-6-16(24-2)7-5-14/h3-9H,10-12H2,1-2H3. The third kappa shape index (κ3) is 2.52. The van der Waals surface area contributed by atoms with Crippen molar-refractivity contribution in [1.82, 2.24) is 4.90 Å². The highest BCUT2D eigenvalue weighted by atomic mass is 16.5. The van der Waals surface area contributed by atoms with E-state index in [1.54, 1.807) is 7.11 Å². The van der Waals surface area contributed by atoms with Crippen LogP contribution in [0.4, 0.5) is 5.69 Å². The van der Waals surface area contributed by atoms with E-state index in [1.165, 1.54) is 11.1 Å². The largest absolute Gasteiger partial charge is 0.497 e. The fraction of sp³-hybridized carbons (Fsp3) is 0.263. The number of benzene rings is 2.